The van der Waals surface area contributed by atoms with Crippen LogP contribution in [-0.4, -0.2) is 35.9 Å². The van der Waals surface area contributed by atoms with Crippen molar-refractivity contribution in [1.82, 2.24) is 10.2 Å². The van der Waals surface area contributed by atoms with E-state index in [1.807, 2.05) is 31.2 Å². The van der Waals surface area contributed by atoms with Crippen LogP contribution in [0.3, 0.4) is 0 Å². The van der Waals surface area contributed by atoms with Crippen molar-refractivity contribution in [3.05, 3.63) is 29.8 Å². The minimum atomic E-state index is -0.403. The van der Waals surface area contributed by atoms with Crippen LogP contribution in [0.5, 0.6) is 5.75 Å². The molecule has 0 radical (unpaired) electrons. The number of carbonyl (C=O) groups is 2. The monoisotopic (exact) mass is 288 g/mol. The Morgan fingerprint density at radius 2 is 2.10 bits per heavy atom. The van der Waals surface area contributed by atoms with Gasteiger partial charge in [0, 0.05) is 24.6 Å². The fraction of sp³-hybridized carbons (Fsp3) is 0.500. The summed E-state index contributed by atoms with van der Waals surface area (Å²) in [5.41, 5.74) is 1.07. The molecule has 0 saturated carbocycles. The van der Waals surface area contributed by atoms with Crippen LogP contribution >= 0.6 is 0 Å². The van der Waals surface area contributed by atoms with Crippen molar-refractivity contribution in [2.75, 3.05) is 13.2 Å². The van der Waals surface area contributed by atoms with Crippen LogP contribution in [0.2, 0.25) is 0 Å². The molecule has 21 heavy (non-hydrogen) atoms. The molecule has 0 bridgehead atoms. The third kappa shape index (κ3) is 2.65. The molecule has 2 aliphatic heterocycles. The Hall–Kier alpha value is -1.88. The van der Waals surface area contributed by atoms with Crippen LogP contribution in [-0.2, 0) is 9.59 Å². The number of para-hydroxylation sites is 1. The molecule has 1 aromatic rings. The number of nitrogens with one attached hydrogen (secondary N) is 1. The van der Waals surface area contributed by atoms with Gasteiger partial charge in [0.15, 0.2) is 0 Å². The lowest BCUT2D eigenvalue weighted by Crippen LogP contribution is -2.41. The lowest BCUT2D eigenvalue weighted by Gasteiger charge is -2.28. The van der Waals surface area contributed by atoms with Gasteiger partial charge in [0.25, 0.3) is 0 Å². The van der Waals surface area contributed by atoms with E-state index in [1.165, 1.54) is 4.90 Å². The molecule has 3 rings (SSSR count). The van der Waals surface area contributed by atoms with Crippen LogP contribution in [0.4, 0.5) is 0 Å². The minimum Gasteiger partial charge on any atom is -0.493 e. The van der Waals surface area contributed by atoms with E-state index in [2.05, 4.69) is 5.32 Å². The average molecular weight is 288 g/mol. The Kier molecular flexibility index (Phi) is 3.92. The number of imide groups is 1. The van der Waals surface area contributed by atoms with Gasteiger partial charge in [-0.2, -0.15) is 0 Å². The van der Waals surface area contributed by atoms with Crippen LogP contribution in [0, 0.1) is 0 Å². The predicted octanol–water partition coefficient (Wildman–Crippen LogP) is 1.64. The summed E-state index contributed by atoms with van der Waals surface area (Å²) in [7, 11) is 0. The van der Waals surface area contributed by atoms with Gasteiger partial charge in [0.2, 0.25) is 11.8 Å². The number of hydrogen-bond donors (Lipinski definition) is 1. The van der Waals surface area contributed by atoms with Crippen molar-refractivity contribution in [3.8, 4) is 5.75 Å². The molecule has 0 aliphatic carbocycles. The van der Waals surface area contributed by atoms with E-state index in [0.717, 1.165) is 24.2 Å². The smallest absolute Gasteiger partial charge is 0.246 e. The number of amides is 2. The molecule has 1 N–H and O–H groups in total. The molecule has 2 aliphatic rings. The van der Waals surface area contributed by atoms with Gasteiger partial charge in [-0.3, -0.25) is 19.8 Å². The molecule has 2 unspecified atom stereocenters. The van der Waals surface area contributed by atoms with Gasteiger partial charge < -0.3 is 4.74 Å². The summed E-state index contributed by atoms with van der Waals surface area (Å²) >= 11 is 0. The van der Waals surface area contributed by atoms with Gasteiger partial charge in [-0.05, 0) is 12.5 Å². The van der Waals surface area contributed by atoms with Crippen molar-refractivity contribution in [2.24, 2.45) is 0 Å². The van der Waals surface area contributed by atoms with Crippen LogP contribution < -0.4 is 10.1 Å². The van der Waals surface area contributed by atoms with Crippen LogP contribution in [0.1, 0.15) is 37.8 Å². The molecule has 1 fully saturated rings. The third-order valence-corrected chi connectivity index (χ3v) is 4.05. The first-order valence-corrected chi connectivity index (χ1v) is 7.52. The molecule has 1 saturated heterocycles. The maximum atomic E-state index is 12.3. The molecular weight excluding hydrogens is 268 g/mol. The summed E-state index contributed by atoms with van der Waals surface area (Å²) in [6.45, 7) is 3.11. The summed E-state index contributed by atoms with van der Waals surface area (Å²) in [6, 6.07) is 7.52. The highest BCUT2D eigenvalue weighted by atomic mass is 16.5. The number of ether oxygens (including phenoxy) is 1. The van der Waals surface area contributed by atoms with Crippen LogP contribution in [0.15, 0.2) is 24.3 Å². The maximum Gasteiger partial charge on any atom is 0.246 e. The molecule has 2 heterocycles. The maximum absolute atomic E-state index is 12.3. The van der Waals surface area contributed by atoms with Crippen molar-refractivity contribution in [1.29, 1.82) is 0 Å². The average Bonchev–Trinajstić information content (AvgIpc) is 2.76. The van der Waals surface area contributed by atoms with Gasteiger partial charge in [-0.15, -0.1) is 0 Å². The Morgan fingerprint density at radius 3 is 2.90 bits per heavy atom. The molecular formula is C16H20N2O3. The summed E-state index contributed by atoms with van der Waals surface area (Å²) in [5, 5.41) is 3.35. The molecule has 2 amide bonds. The molecule has 2 atom stereocenters. The third-order valence-electron chi connectivity index (χ3n) is 4.05. The lowest BCUT2D eigenvalue weighted by molar-refractivity contribution is -0.138. The molecule has 112 valence electrons. The van der Waals surface area contributed by atoms with E-state index in [0.29, 0.717) is 13.2 Å². The number of hydrogen-bond acceptors (Lipinski definition) is 4. The fourth-order valence-corrected chi connectivity index (χ4v) is 3.03. The van der Waals surface area contributed by atoms with Crippen molar-refractivity contribution >= 4 is 11.8 Å². The van der Waals surface area contributed by atoms with Crippen LogP contribution in [0.25, 0.3) is 0 Å². The number of fused-ring (bicyclic) bond motifs is 1. The number of benzene rings is 1. The zero-order valence-electron chi connectivity index (χ0n) is 12.2. The summed E-state index contributed by atoms with van der Waals surface area (Å²) in [6.07, 6.45) is 1.87. The van der Waals surface area contributed by atoms with Gasteiger partial charge in [0.05, 0.1) is 19.1 Å². The minimum absolute atomic E-state index is 0.0678. The second kappa shape index (κ2) is 5.85. The zero-order valence-corrected chi connectivity index (χ0v) is 12.2. The van der Waals surface area contributed by atoms with Crippen molar-refractivity contribution < 1.29 is 14.3 Å². The fourth-order valence-electron chi connectivity index (χ4n) is 3.03. The molecule has 0 spiro atoms. The van der Waals surface area contributed by atoms with Gasteiger partial charge in [-0.1, -0.05) is 25.1 Å². The Bertz CT molecular complexity index is 558. The first kappa shape index (κ1) is 14.1. The standard InChI is InChI=1S/C16H20N2O3/c1-2-8-18-15(19)10-13(16(18)20)17-12-7-9-21-14-6-4-3-5-11(12)14/h3-6,12-13,17H,2,7-10H2,1H3. The summed E-state index contributed by atoms with van der Waals surface area (Å²) in [4.78, 5) is 25.6. The Balaban J connectivity index is 1.74. The quantitative estimate of drug-likeness (QED) is 0.856. The Labute approximate surface area is 124 Å². The molecule has 5 nitrogen and oxygen atoms in total. The molecule has 1 aromatic carbocycles. The number of rotatable bonds is 4. The van der Waals surface area contributed by atoms with Crippen molar-refractivity contribution in [2.45, 2.75) is 38.3 Å². The largest absolute Gasteiger partial charge is 0.493 e. The molecule has 0 aromatic heterocycles. The van der Waals surface area contributed by atoms with E-state index in [-0.39, 0.29) is 24.3 Å². The van der Waals surface area contributed by atoms with Gasteiger partial charge >= 0.3 is 0 Å². The van der Waals surface area contributed by atoms with E-state index < -0.39 is 6.04 Å². The number of likely N-dealkylation sites (tertiary alicyclic amines) is 1. The van der Waals surface area contributed by atoms with E-state index in [9.17, 15) is 9.59 Å². The SMILES string of the molecule is CCCN1C(=O)CC(NC2CCOc3ccccc32)C1=O. The zero-order chi connectivity index (χ0) is 14.8. The van der Waals surface area contributed by atoms with E-state index >= 15 is 0 Å². The first-order valence-electron chi connectivity index (χ1n) is 7.52. The highest BCUT2D eigenvalue weighted by Gasteiger charge is 2.39. The second-order valence-corrected chi connectivity index (χ2v) is 5.53. The predicted molar refractivity (Wildman–Crippen MR) is 77.8 cm³/mol. The van der Waals surface area contributed by atoms with E-state index in [1.54, 1.807) is 0 Å². The highest BCUT2D eigenvalue weighted by molar-refractivity contribution is 6.05. The number of carbonyl (C=O) groups excluding carboxylic acids is 2. The van der Waals surface area contributed by atoms with Gasteiger partial charge in [0.1, 0.15) is 5.75 Å². The highest BCUT2D eigenvalue weighted by Crippen LogP contribution is 2.32. The summed E-state index contributed by atoms with van der Waals surface area (Å²) < 4.78 is 5.62. The van der Waals surface area contributed by atoms with E-state index in [4.69, 9.17) is 4.74 Å². The topological polar surface area (TPSA) is 58.6 Å². The summed E-state index contributed by atoms with van der Waals surface area (Å²) in [5.74, 6) is 0.703. The molecule has 5 heteroatoms. The normalized spacial score (nSPS) is 24.9. The van der Waals surface area contributed by atoms with Gasteiger partial charge in [-0.25, -0.2) is 0 Å². The first-order chi connectivity index (χ1) is 10.2. The lowest BCUT2D eigenvalue weighted by atomic mass is 9.99. The second-order valence-electron chi connectivity index (χ2n) is 5.53. The van der Waals surface area contributed by atoms with Crippen molar-refractivity contribution in [3.63, 3.8) is 0 Å². The Morgan fingerprint density at radius 1 is 1.29 bits per heavy atom. The number of nitrogens with zero attached hydrogens (tertiary/aromatic N) is 1.